The summed E-state index contributed by atoms with van der Waals surface area (Å²) >= 11 is 0. The molecule has 0 atom stereocenters. The summed E-state index contributed by atoms with van der Waals surface area (Å²) in [5.74, 6) is -0.0312. The van der Waals surface area contributed by atoms with Gasteiger partial charge in [0.05, 0.1) is 12.7 Å². The van der Waals surface area contributed by atoms with Crippen LogP contribution >= 0.6 is 0 Å². The van der Waals surface area contributed by atoms with Crippen LogP contribution in [0.3, 0.4) is 0 Å². The lowest BCUT2D eigenvalue weighted by atomic mass is 10.2. The number of carbonyl (C=O) groups is 1. The molecule has 2 rings (SSSR count). The molecule has 1 aromatic heterocycles. The van der Waals surface area contributed by atoms with E-state index in [0.29, 0.717) is 5.69 Å². The third kappa shape index (κ3) is 2.25. The van der Waals surface area contributed by atoms with Crippen LogP contribution in [0.2, 0.25) is 0 Å². The molecular weight excluding hydrogens is 204 g/mol. The van der Waals surface area contributed by atoms with E-state index < -0.39 is 0 Å². The van der Waals surface area contributed by atoms with Gasteiger partial charge in [0.15, 0.2) is 0 Å². The summed E-state index contributed by atoms with van der Waals surface area (Å²) in [5, 5.41) is 10.4. The Morgan fingerprint density at radius 2 is 2.12 bits per heavy atom. The lowest BCUT2D eigenvalue weighted by Gasteiger charge is -2.04. The topological polar surface area (TPSA) is 59.8 Å². The molecule has 0 aliphatic heterocycles. The van der Waals surface area contributed by atoms with E-state index in [1.807, 2.05) is 30.3 Å². The van der Waals surface area contributed by atoms with E-state index in [4.69, 9.17) is 0 Å². The molecule has 0 unspecified atom stereocenters. The maximum atomic E-state index is 11.7. The van der Waals surface area contributed by atoms with Crippen molar-refractivity contribution in [2.24, 2.45) is 7.05 Å². The van der Waals surface area contributed by atoms with Gasteiger partial charge >= 0.3 is 0 Å². The SMILES string of the molecule is Cn1nncc1C(=O)CNc1ccccc1. The molecule has 82 valence electrons. The minimum absolute atomic E-state index is 0.0312. The number of aryl methyl sites for hydroxylation is 1. The highest BCUT2D eigenvalue weighted by Crippen LogP contribution is 2.05. The Morgan fingerprint density at radius 1 is 1.38 bits per heavy atom. The number of ketones is 1. The molecule has 5 heteroatoms. The van der Waals surface area contributed by atoms with Crippen LogP contribution in [0.25, 0.3) is 0 Å². The molecule has 5 nitrogen and oxygen atoms in total. The van der Waals surface area contributed by atoms with Gasteiger partial charge in [-0.1, -0.05) is 23.4 Å². The van der Waals surface area contributed by atoms with Gasteiger partial charge in [-0.25, -0.2) is 4.68 Å². The maximum absolute atomic E-state index is 11.7. The molecule has 1 N–H and O–H groups in total. The first-order valence-corrected chi connectivity index (χ1v) is 4.94. The third-order valence-electron chi connectivity index (χ3n) is 2.23. The van der Waals surface area contributed by atoms with E-state index in [9.17, 15) is 4.79 Å². The van der Waals surface area contributed by atoms with Crippen LogP contribution in [0.5, 0.6) is 0 Å². The van der Waals surface area contributed by atoms with Gasteiger partial charge in [-0.3, -0.25) is 4.79 Å². The highest BCUT2D eigenvalue weighted by atomic mass is 16.1. The molecule has 0 aliphatic carbocycles. The lowest BCUT2D eigenvalue weighted by Crippen LogP contribution is -2.17. The van der Waals surface area contributed by atoms with E-state index in [-0.39, 0.29) is 12.3 Å². The van der Waals surface area contributed by atoms with Crippen molar-refractivity contribution in [1.82, 2.24) is 15.0 Å². The van der Waals surface area contributed by atoms with Crippen LogP contribution in [0.4, 0.5) is 5.69 Å². The summed E-state index contributed by atoms with van der Waals surface area (Å²) in [5.41, 5.74) is 1.43. The summed E-state index contributed by atoms with van der Waals surface area (Å²) in [6.07, 6.45) is 1.47. The van der Waals surface area contributed by atoms with Gasteiger partial charge in [-0.15, -0.1) is 5.10 Å². The number of benzene rings is 1. The first-order chi connectivity index (χ1) is 7.77. The molecule has 0 radical (unpaired) electrons. The van der Waals surface area contributed by atoms with Crippen LogP contribution in [-0.2, 0) is 7.05 Å². The molecule has 0 saturated carbocycles. The van der Waals surface area contributed by atoms with Gasteiger partial charge in [0, 0.05) is 12.7 Å². The number of Topliss-reactive ketones (excluding diaryl/α,β-unsaturated/α-hetero) is 1. The Hall–Kier alpha value is -2.17. The monoisotopic (exact) mass is 216 g/mol. The molecular formula is C11H12N4O. The van der Waals surface area contributed by atoms with Crippen LogP contribution < -0.4 is 5.32 Å². The fourth-order valence-corrected chi connectivity index (χ4v) is 1.37. The van der Waals surface area contributed by atoms with Crippen molar-refractivity contribution in [3.63, 3.8) is 0 Å². The standard InChI is InChI=1S/C11H12N4O/c1-15-10(7-13-14-15)11(16)8-12-9-5-3-2-4-6-9/h2-7,12H,8H2,1H3. The zero-order valence-electron chi connectivity index (χ0n) is 8.92. The number of carbonyl (C=O) groups excluding carboxylic acids is 1. The van der Waals surface area contributed by atoms with Gasteiger partial charge in [-0.05, 0) is 12.1 Å². The number of para-hydroxylation sites is 1. The second-order valence-electron chi connectivity index (χ2n) is 3.39. The van der Waals surface area contributed by atoms with Gasteiger partial charge in [0.25, 0.3) is 0 Å². The van der Waals surface area contributed by atoms with E-state index in [2.05, 4.69) is 15.6 Å². The number of anilines is 1. The largest absolute Gasteiger partial charge is 0.378 e. The average Bonchev–Trinajstić information content (AvgIpc) is 2.74. The first-order valence-electron chi connectivity index (χ1n) is 4.94. The average molecular weight is 216 g/mol. The summed E-state index contributed by atoms with van der Waals surface area (Å²) < 4.78 is 1.47. The van der Waals surface area contributed by atoms with E-state index in [0.717, 1.165) is 5.69 Å². The van der Waals surface area contributed by atoms with Crippen LogP contribution in [0.15, 0.2) is 36.5 Å². The van der Waals surface area contributed by atoms with Crippen molar-refractivity contribution in [2.75, 3.05) is 11.9 Å². The Labute approximate surface area is 93.1 Å². The zero-order valence-corrected chi connectivity index (χ0v) is 8.92. The Kier molecular flexibility index (Phi) is 2.95. The van der Waals surface area contributed by atoms with Crippen LogP contribution in [-0.4, -0.2) is 27.3 Å². The predicted molar refractivity (Wildman–Crippen MR) is 60.3 cm³/mol. The molecule has 2 aromatic rings. The summed E-state index contributed by atoms with van der Waals surface area (Å²) in [6.45, 7) is 0.241. The number of nitrogens with zero attached hydrogens (tertiary/aromatic N) is 3. The van der Waals surface area contributed by atoms with Gasteiger partial charge < -0.3 is 5.32 Å². The van der Waals surface area contributed by atoms with E-state index in [1.165, 1.54) is 10.9 Å². The van der Waals surface area contributed by atoms with Crippen molar-refractivity contribution in [2.45, 2.75) is 0 Å². The Morgan fingerprint density at radius 3 is 2.75 bits per heavy atom. The molecule has 0 bridgehead atoms. The minimum Gasteiger partial charge on any atom is -0.378 e. The lowest BCUT2D eigenvalue weighted by molar-refractivity contribution is 0.0997. The van der Waals surface area contributed by atoms with Crippen LogP contribution in [0.1, 0.15) is 10.5 Å². The molecule has 16 heavy (non-hydrogen) atoms. The number of aromatic nitrogens is 3. The highest BCUT2D eigenvalue weighted by Gasteiger charge is 2.10. The molecule has 0 amide bonds. The van der Waals surface area contributed by atoms with E-state index >= 15 is 0 Å². The number of hydrogen-bond acceptors (Lipinski definition) is 4. The molecule has 0 aliphatic rings. The fourth-order valence-electron chi connectivity index (χ4n) is 1.37. The van der Waals surface area contributed by atoms with E-state index in [1.54, 1.807) is 7.05 Å². The summed E-state index contributed by atoms with van der Waals surface area (Å²) in [4.78, 5) is 11.7. The predicted octanol–water partition coefficient (Wildman–Crippen LogP) is 1.11. The van der Waals surface area contributed by atoms with Crippen molar-refractivity contribution in [3.05, 3.63) is 42.2 Å². The smallest absolute Gasteiger partial charge is 0.201 e. The highest BCUT2D eigenvalue weighted by molar-refractivity contribution is 5.97. The van der Waals surface area contributed by atoms with Crippen molar-refractivity contribution < 1.29 is 4.79 Å². The number of rotatable bonds is 4. The maximum Gasteiger partial charge on any atom is 0.201 e. The third-order valence-corrected chi connectivity index (χ3v) is 2.23. The second-order valence-corrected chi connectivity index (χ2v) is 3.39. The number of hydrogen-bond donors (Lipinski definition) is 1. The quantitative estimate of drug-likeness (QED) is 0.778. The van der Waals surface area contributed by atoms with Crippen LogP contribution in [0, 0.1) is 0 Å². The molecule has 1 aromatic carbocycles. The normalized spacial score (nSPS) is 10.1. The van der Waals surface area contributed by atoms with Gasteiger partial charge in [0.2, 0.25) is 5.78 Å². The fraction of sp³-hybridized carbons (Fsp3) is 0.182. The van der Waals surface area contributed by atoms with Gasteiger partial charge in [0.1, 0.15) is 5.69 Å². The Bertz CT molecular complexity index is 478. The molecule has 0 fully saturated rings. The summed E-state index contributed by atoms with van der Waals surface area (Å²) in [7, 11) is 1.70. The number of nitrogens with one attached hydrogen (secondary N) is 1. The van der Waals surface area contributed by atoms with Gasteiger partial charge in [-0.2, -0.15) is 0 Å². The minimum atomic E-state index is -0.0312. The molecule has 0 spiro atoms. The van der Waals surface area contributed by atoms with Crippen molar-refractivity contribution >= 4 is 11.5 Å². The zero-order chi connectivity index (χ0) is 11.4. The first kappa shape index (κ1) is 10.4. The summed E-state index contributed by atoms with van der Waals surface area (Å²) in [6, 6.07) is 9.58. The Balaban J connectivity index is 1.97. The molecule has 1 heterocycles. The second kappa shape index (κ2) is 4.57. The van der Waals surface area contributed by atoms with Crippen molar-refractivity contribution in [3.8, 4) is 0 Å². The van der Waals surface area contributed by atoms with Crippen molar-refractivity contribution in [1.29, 1.82) is 0 Å². The molecule has 0 saturated heterocycles.